The number of ether oxygens (including phenoxy) is 1. The van der Waals surface area contributed by atoms with E-state index in [2.05, 4.69) is 5.32 Å². The van der Waals surface area contributed by atoms with Gasteiger partial charge in [-0.3, -0.25) is 13.9 Å². The van der Waals surface area contributed by atoms with E-state index in [1.165, 1.54) is 4.90 Å². The van der Waals surface area contributed by atoms with Crippen LogP contribution in [0.1, 0.15) is 45.7 Å². The molecule has 0 unspecified atom stereocenters. The Hall–Kier alpha value is -3.07. The summed E-state index contributed by atoms with van der Waals surface area (Å²) >= 11 is 0. The van der Waals surface area contributed by atoms with Gasteiger partial charge in [-0.25, -0.2) is 8.42 Å². The monoisotopic (exact) mass is 503 g/mol. The third-order valence-corrected chi connectivity index (χ3v) is 6.63. The average Bonchev–Trinajstić information content (AvgIpc) is 2.79. The smallest absolute Gasteiger partial charge is 0.244 e. The molecule has 0 bridgehead atoms. The standard InChI is InChI=1S/C26H37N3O5S/c1-8-20-9-13-22(14-10-20)29(35(7,32)33)18-24(30)28(19(2)25(31)27-26(3,4)5)17-21-11-15-23(34-6)16-12-21/h9-16,19H,8,17-18H2,1-7H3,(H,27,31)/t19-/m0/s1. The lowest BCUT2D eigenvalue weighted by molar-refractivity contribution is -0.140. The first kappa shape index (κ1) is 28.2. The number of aryl methyl sites for hydroxylation is 1. The molecule has 35 heavy (non-hydrogen) atoms. The molecule has 2 aromatic carbocycles. The van der Waals surface area contributed by atoms with Crippen LogP contribution in [-0.2, 0) is 32.6 Å². The molecule has 2 rings (SSSR count). The number of anilines is 1. The van der Waals surface area contributed by atoms with Crippen molar-refractivity contribution in [3.8, 4) is 5.75 Å². The van der Waals surface area contributed by atoms with Crippen LogP contribution in [-0.4, -0.2) is 56.6 Å². The van der Waals surface area contributed by atoms with Crippen LogP contribution >= 0.6 is 0 Å². The fraction of sp³-hybridized carbons (Fsp3) is 0.462. The molecule has 0 saturated heterocycles. The van der Waals surface area contributed by atoms with Crippen molar-refractivity contribution in [1.29, 1.82) is 0 Å². The first-order chi connectivity index (χ1) is 16.2. The van der Waals surface area contributed by atoms with Crippen LogP contribution in [0.15, 0.2) is 48.5 Å². The van der Waals surface area contributed by atoms with Crippen LogP contribution in [0.4, 0.5) is 5.69 Å². The molecule has 1 atom stereocenters. The second kappa shape index (κ2) is 11.6. The van der Waals surface area contributed by atoms with Crippen LogP contribution in [0, 0.1) is 0 Å². The van der Waals surface area contributed by atoms with E-state index in [0.717, 1.165) is 28.1 Å². The van der Waals surface area contributed by atoms with Crippen molar-refractivity contribution >= 4 is 27.5 Å². The van der Waals surface area contributed by atoms with Crippen molar-refractivity contribution in [3.63, 3.8) is 0 Å². The van der Waals surface area contributed by atoms with Gasteiger partial charge < -0.3 is 15.0 Å². The SMILES string of the molecule is CCc1ccc(N(CC(=O)N(Cc2ccc(OC)cc2)[C@@H](C)C(=O)NC(C)(C)C)S(C)(=O)=O)cc1. The molecule has 2 amide bonds. The van der Waals surface area contributed by atoms with Gasteiger partial charge in [0.05, 0.1) is 19.1 Å². The Kier molecular flexibility index (Phi) is 9.31. The number of hydrogen-bond acceptors (Lipinski definition) is 5. The number of nitrogens with one attached hydrogen (secondary N) is 1. The Morgan fingerprint density at radius 3 is 2.00 bits per heavy atom. The number of carbonyl (C=O) groups excluding carboxylic acids is 2. The molecule has 0 saturated carbocycles. The molecule has 0 radical (unpaired) electrons. The number of methoxy groups -OCH3 is 1. The first-order valence-corrected chi connectivity index (χ1v) is 13.4. The van der Waals surface area contributed by atoms with Crippen molar-refractivity contribution in [1.82, 2.24) is 10.2 Å². The molecule has 0 heterocycles. The van der Waals surface area contributed by atoms with Crippen molar-refractivity contribution < 1.29 is 22.7 Å². The highest BCUT2D eigenvalue weighted by molar-refractivity contribution is 7.92. The maximum Gasteiger partial charge on any atom is 0.244 e. The van der Waals surface area contributed by atoms with Crippen molar-refractivity contribution in [2.24, 2.45) is 0 Å². The number of benzene rings is 2. The van der Waals surface area contributed by atoms with Gasteiger partial charge >= 0.3 is 0 Å². The molecule has 0 aliphatic carbocycles. The predicted octanol–water partition coefficient (Wildman–Crippen LogP) is 3.36. The summed E-state index contributed by atoms with van der Waals surface area (Å²) in [5.74, 6) is -0.135. The van der Waals surface area contributed by atoms with E-state index in [0.29, 0.717) is 11.4 Å². The second-order valence-electron chi connectivity index (χ2n) is 9.57. The third-order valence-electron chi connectivity index (χ3n) is 5.49. The summed E-state index contributed by atoms with van der Waals surface area (Å²) in [6.07, 6.45) is 1.88. The molecular formula is C26H37N3O5S. The van der Waals surface area contributed by atoms with Crippen LogP contribution < -0.4 is 14.4 Å². The van der Waals surface area contributed by atoms with Gasteiger partial charge in [0.2, 0.25) is 21.8 Å². The molecule has 2 aromatic rings. The molecule has 0 fully saturated rings. The topological polar surface area (TPSA) is 96.0 Å². The number of hydrogen-bond donors (Lipinski definition) is 1. The molecule has 192 valence electrons. The van der Waals surface area contributed by atoms with Gasteiger partial charge in [0, 0.05) is 12.1 Å². The molecule has 1 N–H and O–H groups in total. The normalized spacial score (nSPS) is 12.5. The lowest BCUT2D eigenvalue weighted by Gasteiger charge is -2.33. The van der Waals surface area contributed by atoms with Gasteiger partial charge in [0.25, 0.3) is 0 Å². The maximum atomic E-state index is 13.6. The largest absolute Gasteiger partial charge is 0.497 e. The van der Waals surface area contributed by atoms with E-state index in [1.54, 1.807) is 38.3 Å². The van der Waals surface area contributed by atoms with Crippen molar-refractivity contribution in [2.75, 3.05) is 24.2 Å². The van der Waals surface area contributed by atoms with Gasteiger partial charge in [-0.1, -0.05) is 31.2 Å². The molecule has 0 spiro atoms. The zero-order chi connectivity index (χ0) is 26.4. The summed E-state index contributed by atoms with van der Waals surface area (Å²) in [6.45, 7) is 8.94. The molecule has 0 aliphatic rings. The summed E-state index contributed by atoms with van der Waals surface area (Å²) in [5.41, 5.74) is 1.75. The lowest BCUT2D eigenvalue weighted by Crippen LogP contribution is -2.54. The molecular weight excluding hydrogens is 466 g/mol. The first-order valence-electron chi connectivity index (χ1n) is 11.6. The quantitative estimate of drug-likeness (QED) is 0.536. The van der Waals surface area contributed by atoms with Gasteiger partial charge in [-0.05, 0) is 69.5 Å². The van der Waals surface area contributed by atoms with Crippen molar-refractivity contribution in [2.45, 2.75) is 59.2 Å². The summed E-state index contributed by atoms with van der Waals surface area (Å²) in [4.78, 5) is 27.9. The van der Waals surface area contributed by atoms with E-state index < -0.39 is 34.1 Å². The van der Waals surface area contributed by atoms with Crippen LogP contribution in [0.3, 0.4) is 0 Å². The fourth-order valence-electron chi connectivity index (χ4n) is 3.50. The van der Waals surface area contributed by atoms with E-state index in [4.69, 9.17) is 4.74 Å². The summed E-state index contributed by atoms with van der Waals surface area (Å²) in [6, 6.07) is 13.4. The number of sulfonamides is 1. The minimum absolute atomic E-state index is 0.133. The minimum Gasteiger partial charge on any atom is -0.497 e. The molecule has 9 heteroatoms. The Morgan fingerprint density at radius 1 is 1.00 bits per heavy atom. The van der Waals surface area contributed by atoms with Gasteiger partial charge in [-0.2, -0.15) is 0 Å². The summed E-state index contributed by atoms with van der Waals surface area (Å²) < 4.78 is 31.5. The Bertz CT molecular complexity index is 1110. The Balaban J connectivity index is 2.39. The fourth-order valence-corrected chi connectivity index (χ4v) is 4.35. The lowest BCUT2D eigenvalue weighted by atomic mass is 10.1. The van der Waals surface area contributed by atoms with E-state index in [-0.39, 0.29) is 12.5 Å². The number of amides is 2. The molecule has 0 aliphatic heterocycles. The van der Waals surface area contributed by atoms with Crippen LogP contribution in [0.25, 0.3) is 0 Å². The summed E-state index contributed by atoms with van der Waals surface area (Å²) in [7, 11) is -2.19. The molecule has 0 aromatic heterocycles. The van der Waals surface area contributed by atoms with Crippen LogP contribution in [0.5, 0.6) is 5.75 Å². The highest BCUT2D eigenvalue weighted by Crippen LogP contribution is 2.21. The highest BCUT2D eigenvalue weighted by atomic mass is 32.2. The van der Waals surface area contributed by atoms with E-state index in [1.807, 2.05) is 52.0 Å². The second-order valence-corrected chi connectivity index (χ2v) is 11.5. The van der Waals surface area contributed by atoms with Gasteiger partial charge in [-0.15, -0.1) is 0 Å². The predicted molar refractivity (Wildman–Crippen MR) is 139 cm³/mol. The zero-order valence-corrected chi connectivity index (χ0v) is 22.5. The van der Waals surface area contributed by atoms with E-state index >= 15 is 0 Å². The van der Waals surface area contributed by atoms with Gasteiger partial charge in [0.1, 0.15) is 18.3 Å². The third kappa shape index (κ3) is 8.28. The molecule has 8 nitrogen and oxygen atoms in total. The summed E-state index contributed by atoms with van der Waals surface area (Å²) in [5, 5.41) is 2.90. The maximum absolute atomic E-state index is 13.6. The Morgan fingerprint density at radius 2 is 1.54 bits per heavy atom. The van der Waals surface area contributed by atoms with Gasteiger partial charge in [0.15, 0.2) is 0 Å². The minimum atomic E-state index is -3.75. The zero-order valence-electron chi connectivity index (χ0n) is 21.7. The number of nitrogens with zero attached hydrogens (tertiary/aromatic N) is 2. The highest BCUT2D eigenvalue weighted by Gasteiger charge is 2.31. The van der Waals surface area contributed by atoms with Crippen molar-refractivity contribution in [3.05, 3.63) is 59.7 Å². The number of carbonyl (C=O) groups is 2. The number of rotatable bonds is 10. The van der Waals surface area contributed by atoms with Crippen LogP contribution in [0.2, 0.25) is 0 Å². The van der Waals surface area contributed by atoms with E-state index in [9.17, 15) is 18.0 Å². The Labute approximate surface area is 209 Å². The average molecular weight is 504 g/mol.